The van der Waals surface area contributed by atoms with Crippen molar-refractivity contribution in [1.29, 1.82) is 0 Å². The fourth-order valence-corrected chi connectivity index (χ4v) is 1.75. The molecule has 0 radical (unpaired) electrons. The van der Waals surface area contributed by atoms with Gasteiger partial charge in [-0.1, -0.05) is 0 Å². The van der Waals surface area contributed by atoms with Crippen molar-refractivity contribution < 1.29 is 14.3 Å². The van der Waals surface area contributed by atoms with Crippen LogP contribution in [0.25, 0.3) is 0 Å². The highest BCUT2D eigenvalue weighted by atomic mass is 16.5. The summed E-state index contributed by atoms with van der Waals surface area (Å²) in [6.07, 6.45) is 4.36. The Kier molecular flexibility index (Phi) is 2.11. The molecule has 0 aromatic heterocycles. The van der Waals surface area contributed by atoms with Crippen molar-refractivity contribution >= 4 is 11.8 Å². The molecule has 0 bridgehead atoms. The zero-order valence-electron chi connectivity index (χ0n) is 7.66. The Morgan fingerprint density at radius 2 is 2.14 bits per heavy atom. The van der Waals surface area contributed by atoms with Gasteiger partial charge in [0.25, 0.3) is 0 Å². The smallest absolute Gasteiger partial charge is 0.331 e. The lowest BCUT2D eigenvalue weighted by molar-refractivity contribution is -0.137. The fourth-order valence-electron chi connectivity index (χ4n) is 1.75. The minimum absolute atomic E-state index is 0.00176. The summed E-state index contributed by atoms with van der Waals surface area (Å²) in [6.45, 7) is 0. The molecule has 74 valence electrons. The van der Waals surface area contributed by atoms with Gasteiger partial charge in [-0.25, -0.2) is 4.79 Å². The van der Waals surface area contributed by atoms with Gasteiger partial charge in [0, 0.05) is 18.2 Å². The number of cyclic esters (lactones) is 1. The molecule has 2 N–H and O–H groups in total. The highest BCUT2D eigenvalue weighted by Gasteiger charge is 2.29. The Labute approximate surface area is 81.4 Å². The molecule has 1 heterocycles. The molecule has 4 nitrogen and oxygen atoms in total. The van der Waals surface area contributed by atoms with Gasteiger partial charge in [-0.3, -0.25) is 4.79 Å². The Balaban J connectivity index is 2.28. The molecule has 2 rings (SSSR count). The Bertz CT molecular complexity index is 354. The van der Waals surface area contributed by atoms with Gasteiger partial charge in [0.15, 0.2) is 11.9 Å². The largest absolute Gasteiger partial charge is 0.450 e. The summed E-state index contributed by atoms with van der Waals surface area (Å²) in [5.41, 5.74) is 6.76. The summed E-state index contributed by atoms with van der Waals surface area (Å²) in [4.78, 5) is 22.4. The van der Waals surface area contributed by atoms with Gasteiger partial charge < -0.3 is 10.5 Å². The molecule has 0 amide bonds. The van der Waals surface area contributed by atoms with Gasteiger partial charge in [0.05, 0.1) is 5.57 Å². The number of allylic oxidation sites excluding steroid dienone is 1. The highest BCUT2D eigenvalue weighted by Crippen LogP contribution is 2.25. The first-order chi connectivity index (χ1) is 6.68. The molecule has 1 aliphatic carbocycles. The number of nitrogens with two attached hydrogens (primary N) is 1. The Morgan fingerprint density at radius 3 is 2.71 bits per heavy atom. The van der Waals surface area contributed by atoms with Gasteiger partial charge in [0.1, 0.15) is 0 Å². The first-order valence-corrected chi connectivity index (χ1v) is 4.59. The lowest BCUT2D eigenvalue weighted by Gasteiger charge is -2.19. The third-order valence-electron chi connectivity index (χ3n) is 2.43. The molecular weight excluding hydrogens is 182 g/mol. The van der Waals surface area contributed by atoms with E-state index in [-0.39, 0.29) is 5.78 Å². The standard InChI is InChI=1S/C10H11NO3/c11-6-2-1-3-7(12)10(6)8-4-5-9(13)14-8/h4-5,8H,1-3,11H2/t8-/m0/s1. The summed E-state index contributed by atoms with van der Waals surface area (Å²) < 4.78 is 4.93. The van der Waals surface area contributed by atoms with Crippen molar-refractivity contribution in [3.63, 3.8) is 0 Å². The summed E-state index contributed by atoms with van der Waals surface area (Å²) in [5, 5.41) is 0. The first-order valence-electron chi connectivity index (χ1n) is 4.59. The second kappa shape index (κ2) is 3.29. The molecule has 0 aromatic carbocycles. The molecule has 0 aromatic rings. The Morgan fingerprint density at radius 1 is 1.36 bits per heavy atom. The Hall–Kier alpha value is -1.58. The van der Waals surface area contributed by atoms with Gasteiger partial charge in [0.2, 0.25) is 0 Å². The van der Waals surface area contributed by atoms with Crippen molar-refractivity contribution in [1.82, 2.24) is 0 Å². The summed E-state index contributed by atoms with van der Waals surface area (Å²) in [7, 11) is 0. The number of hydrogen-bond acceptors (Lipinski definition) is 4. The van der Waals surface area contributed by atoms with Gasteiger partial charge in [-0.15, -0.1) is 0 Å². The quantitative estimate of drug-likeness (QED) is 0.613. The molecule has 0 saturated carbocycles. The molecule has 0 unspecified atom stereocenters. The molecule has 0 fully saturated rings. The third kappa shape index (κ3) is 1.43. The topological polar surface area (TPSA) is 69.4 Å². The molecule has 2 aliphatic rings. The van der Waals surface area contributed by atoms with E-state index in [1.807, 2.05) is 0 Å². The van der Waals surface area contributed by atoms with Crippen LogP contribution in [0.1, 0.15) is 19.3 Å². The number of Topliss-reactive ketones (excluding diaryl/α,β-unsaturated/α-hetero) is 1. The van der Waals surface area contributed by atoms with Crippen molar-refractivity contribution in [3.8, 4) is 0 Å². The van der Waals surface area contributed by atoms with E-state index >= 15 is 0 Å². The maximum absolute atomic E-state index is 11.5. The zero-order chi connectivity index (χ0) is 10.1. The number of esters is 1. The maximum atomic E-state index is 11.5. The van der Waals surface area contributed by atoms with E-state index in [1.165, 1.54) is 6.08 Å². The monoisotopic (exact) mass is 193 g/mol. The molecule has 14 heavy (non-hydrogen) atoms. The second-order valence-electron chi connectivity index (χ2n) is 3.43. The SMILES string of the molecule is NC1=C([C@@H]2C=CC(=O)O2)C(=O)CCC1. The molecule has 1 atom stereocenters. The van der Waals surface area contributed by atoms with Crippen molar-refractivity contribution in [2.75, 3.05) is 0 Å². The van der Waals surface area contributed by atoms with Crippen LogP contribution < -0.4 is 5.73 Å². The van der Waals surface area contributed by atoms with E-state index < -0.39 is 12.1 Å². The van der Waals surface area contributed by atoms with Crippen molar-refractivity contribution in [2.24, 2.45) is 5.73 Å². The lowest BCUT2D eigenvalue weighted by atomic mass is 9.91. The van der Waals surface area contributed by atoms with E-state index in [1.54, 1.807) is 6.08 Å². The fraction of sp³-hybridized carbons (Fsp3) is 0.400. The van der Waals surface area contributed by atoms with Crippen LogP contribution in [0.2, 0.25) is 0 Å². The average Bonchev–Trinajstić information content (AvgIpc) is 2.51. The highest BCUT2D eigenvalue weighted by molar-refractivity contribution is 5.99. The summed E-state index contributed by atoms with van der Waals surface area (Å²) in [6, 6.07) is 0. The van der Waals surface area contributed by atoms with Crippen LogP contribution >= 0.6 is 0 Å². The zero-order valence-corrected chi connectivity index (χ0v) is 7.66. The number of ketones is 1. The minimum Gasteiger partial charge on any atom is -0.450 e. The van der Waals surface area contributed by atoms with E-state index in [9.17, 15) is 9.59 Å². The first kappa shape index (κ1) is 8.99. The normalized spacial score (nSPS) is 27.0. The molecule has 0 spiro atoms. The van der Waals surface area contributed by atoms with E-state index in [2.05, 4.69) is 0 Å². The molecule has 1 aliphatic heterocycles. The number of ether oxygens (including phenoxy) is 1. The second-order valence-corrected chi connectivity index (χ2v) is 3.43. The number of hydrogen-bond donors (Lipinski definition) is 1. The van der Waals surface area contributed by atoms with E-state index in [0.717, 1.165) is 6.42 Å². The summed E-state index contributed by atoms with van der Waals surface area (Å²) in [5.74, 6) is -0.410. The summed E-state index contributed by atoms with van der Waals surface area (Å²) >= 11 is 0. The van der Waals surface area contributed by atoms with E-state index in [0.29, 0.717) is 24.1 Å². The average molecular weight is 193 g/mol. The third-order valence-corrected chi connectivity index (χ3v) is 2.43. The predicted molar refractivity (Wildman–Crippen MR) is 49.1 cm³/mol. The van der Waals surface area contributed by atoms with Crippen LogP contribution in [0, 0.1) is 0 Å². The van der Waals surface area contributed by atoms with Crippen LogP contribution in [0.4, 0.5) is 0 Å². The van der Waals surface area contributed by atoms with E-state index in [4.69, 9.17) is 10.5 Å². The van der Waals surface area contributed by atoms with Crippen LogP contribution in [0.5, 0.6) is 0 Å². The predicted octanol–water partition coefficient (Wildman–Crippen LogP) is 0.434. The minimum atomic E-state index is -0.546. The van der Waals surface area contributed by atoms with Gasteiger partial charge >= 0.3 is 5.97 Å². The lowest BCUT2D eigenvalue weighted by Crippen LogP contribution is -2.25. The maximum Gasteiger partial charge on any atom is 0.331 e. The molecule has 0 saturated heterocycles. The number of carbonyl (C=O) groups is 2. The van der Waals surface area contributed by atoms with Crippen molar-refractivity contribution in [2.45, 2.75) is 25.4 Å². The number of carbonyl (C=O) groups excluding carboxylic acids is 2. The van der Waals surface area contributed by atoms with Gasteiger partial charge in [-0.2, -0.15) is 0 Å². The van der Waals surface area contributed by atoms with Crippen LogP contribution in [-0.4, -0.2) is 17.9 Å². The van der Waals surface area contributed by atoms with Crippen molar-refractivity contribution in [3.05, 3.63) is 23.4 Å². The van der Waals surface area contributed by atoms with Gasteiger partial charge in [-0.05, 0) is 18.9 Å². The molecule has 4 heteroatoms. The van der Waals surface area contributed by atoms with Crippen LogP contribution in [0.3, 0.4) is 0 Å². The molecular formula is C10H11NO3. The number of rotatable bonds is 1. The van der Waals surface area contributed by atoms with Crippen LogP contribution in [0.15, 0.2) is 23.4 Å². The van der Waals surface area contributed by atoms with Crippen LogP contribution in [-0.2, 0) is 14.3 Å².